The monoisotopic (exact) mass is 1270 g/mol. The number of hydrogen-bond donors (Lipinski definition) is 6. The van der Waals surface area contributed by atoms with E-state index in [9.17, 15) is 34.5 Å². The molecule has 0 saturated heterocycles. The molecule has 0 heterocycles. The van der Waals surface area contributed by atoms with Crippen molar-refractivity contribution in [2.75, 3.05) is 6.26 Å². The number of aliphatic hydroxyl groups is 6. The Kier molecular flexibility index (Phi) is 25.3. The average molecular weight is 1270 g/mol. The van der Waals surface area contributed by atoms with Gasteiger partial charge in [0.15, 0.2) is 0 Å². The predicted octanol–water partition coefficient (Wildman–Crippen LogP) is 20.7. The van der Waals surface area contributed by atoms with Gasteiger partial charge in [0.2, 0.25) is 0 Å². The molecule has 12 rings (SSSR count). The smallest absolute Gasteiger partial charge is 0.0682 e. The van der Waals surface area contributed by atoms with E-state index in [1.165, 1.54) is 141 Å². The Bertz CT molecular complexity index is 2120. The molecule has 8 heteroatoms. The fourth-order valence-corrected chi connectivity index (χ4v) is 25.5. The van der Waals surface area contributed by atoms with Gasteiger partial charge in [-0.1, -0.05) is 118 Å². The van der Waals surface area contributed by atoms with Crippen LogP contribution >= 0.6 is 12.1 Å². The highest BCUT2D eigenvalue weighted by molar-refractivity contribution is 7.93. The summed E-state index contributed by atoms with van der Waals surface area (Å²) in [5, 5.41) is 62.7. The van der Waals surface area contributed by atoms with Crippen LogP contribution in [0.3, 0.4) is 0 Å². The van der Waals surface area contributed by atoms with Crippen LogP contribution in [0.2, 0.25) is 0 Å². The van der Waals surface area contributed by atoms with E-state index in [1.54, 1.807) is 16.7 Å². The number of fused-ring (bicyclic) bond motifs is 15. The second-order valence-electron chi connectivity index (χ2n) is 35.2. The maximum Gasteiger partial charge on any atom is 0.0682 e. The summed E-state index contributed by atoms with van der Waals surface area (Å²) in [5.74, 6) is 15.0. The lowest BCUT2D eigenvalue weighted by molar-refractivity contribution is -0.0465. The van der Waals surface area contributed by atoms with Gasteiger partial charge in [-0.05, 0) is 354 Å². The summed E-state index contributed by atoms with van der Waals surface area (Å²) in [4.78, 5) is 0. The van der Waals surface area contributed by atoms with E-state index < -0.39 is 16.8 Å². The standard InChI is InChI=1S/3C27H46O2.CH3FS/c3*1-5-20(28)9-7-18(3)24-11-12-25-23-10-8-19-17-27(29,6-2)16-14-21(19)22(23)13-15-26(24,25)4;1-3-2/h3*8,18,20-25,28-29H,5-7,9-17H2,1-4H3;1H3/t18-,20?,21+,22-,23-,24-,25+,26-,27+;18-,20+,21+,22-,23-,24-,25+,26-,27+;18-,20-,21+,22-,23-,24-,25+,26-,27+;/m111./s1. The highest BCUT2D eigenvalue weighted by atomic mass is 32.2. The highest BCUT2D eigenvalue weighted by Crippen LogP contribution is 2.69. The molecule has 12 aliphatic carbocycles. The van der Waals surface area contributed by atoms with Crippen LogP contribution in [-0.4, -0.2) is 72.0 Å². The molecule has 9 fully saturated rings. The molecule has 6 nitrogen and oxygen atoms in total. The third kappa shape index (κ3) is 15.3. The quantitative estimate of drug-likeness (QED) is 0.0756. The molecular weight excluding hydrogens is 1130 g/mol. The van der Waals surface area contributed by atoms with Crippen molar-refractivity contribution in [3.63, 3.8) is 0 Å². The second kappa shape index (κ2) is 31.0. The normalized spacial score (nSPS) is 44.9. The molecule has 12 aliphatic rings. The minimum Gasteiger partial charge on any atom is -0.393 e. The zero-order valence-corrected chi connectivity index (χ0v) is 61.1. The van der Waals surface area contributed by atoms with Gasteiger partial charge < -0.3 is 30.6 Å². The van der Waals surface area contributed by atoms with Crippen LogP contribution in [-0.2, 0) is 0 Å². The van der Waals surface area contributed by atoms with Crippen molar-refractivity contribution in [2.24, 2.45) is 123 Å². The van der Waals surface area contributed by atoms with Crippen LogP contribution in [0.4, 0.5) is 3.89 Å². The summed E-state index contributed by atoms with van der Waals surface area (Å²) in [5.41, 5.74) is 5.12. The van der Waals surface area contributed by atoms with E-state index in [0.29, 0.717) is 16.2 Å². The molecule has 9 saturated carbocycles. The van der Waals surface area contributed by atoms with Gasteiger partial charge in [-0.3, -0.25) is 0 Å². The van der Waals surface area contributed by atoms with Crippen molar-refractivity contribution in [3.8, 4) is 0 Å². The fraction of sp³-hybridized carbons (Fsp3) is 0.927. The van der Waals surface area contributed by atoms with Crippen LogP contribution in [0.15, 0.2) is 34.9 Å². The molecule has 1 unspecified atom stereocenters. The van der Waals surface area contributed by atoms with E-state index >= 15 is 0 Å². The fourth-order valence-electron chi connectivity index (χ4n) is 25.5. The van der Waals surface area contributed by atoms with Gasteiger partial charge in [0.05, 0.1) is 35.1 Å². The summed E-state index contributed by atoms with van der Waals surface area (Å²) in [6.07, 6.45) is 51.0. The van der Waals surface area contributed by atoms with Crippen molar-refractivity contribution in [3.05, 3.63) is 34.9 Å². The summed E-state index contributed by atoms with van der Waals surface area (Å²) >= 11 is 0.250. The molecule has 0 aromatic heterocycles. The van der Waals surface area contributed by atoms with Crippen LogP contribution in [0.5, 0.6) is 0 Å². The Morgan fingerprint density at radius 1 is 0.400 bits per heavy atom. The maximum atomic E-state index is 10.9. The summed E-state index contributed by atoms with van der Waals surface area (Å²) < 4.78 is 10.2. The van der Waals surface area contributed by atoms with Crippen molar-refractivity contribution in [1.29, 1.82) is 0 Å². The van der Waals surface area contributed by atoms with Crippen molar-refractivity contribution < 1.29 is 34.5 Å². The summed E-state index contributed by atoms with van der Waals surface area (Å²) in [7, 11) is 0. The first-order valence-corrected chi connectivity index (χ1v) is 40.4. The van der Waals surface area contributed by atoms with Crippen molar-refractivity contribution in [2.45, 2.75) is 349 Å². The van der Waals surface area contributed by atoms with Gasteiger partial charge in [-0.15, -0.1) is 0 Å². The van der Waals surface area contributed by atoms with Gasteiger partial charge in [-0.2, -0.15) is 3.89 Å². The molecule has 27 atom stereocenters. The van der Waals surface area contributed by atoms with E-state index in [1.807, 2.05) is 0 Å². The number of halogens is 1. The van der Waals surface area contributed by atoms with Crippen LogP contribution in [0, 0.1) is 123 Å². The van der Waals surface area contributed by atoms with Gasteiger partial charge in [0, 0.05) is 18.4 Å². The van der Waals surface area contributed by atoms with Crippen molar-refractivity contribution >= 4 is 12.1 Å². The molecule has 0 bridgehead atoms. The van der Waals surface area contributed by atoms with Gasteiger partial charge in [-0.25, -0.2) is 0 Å². The largest absolute Gasteiger partial charge is 0.393 e. The van der Waals surface area contributed by atoms with Crippen molar-refractivity contribution in [1.82, 2.24) is 0 Å². The number of aliphatic hydroxyl groups excluding tert-OH is 3. The first-order chi connectivity index (χ1) is 42.8. The molecule has 6 N–H and O–H groups in total. The average Bonchev–Trinajstić information content (AvgIpc) is 1.53. The topological polar surface area (TPSA) is 121 Å². The van der Waals surface area contributed by atoms with Gasteiger partial charge in [0.25, 0.3) is 0 Å². The van der Waals surface area contributed by atoms with Crippen LogP contribution in [0.1, 0.15) is 314 Å². The van der Waals surface area contributed by atoms with E-state index in [-0.39, 0.29) is 30.5 Å². The number of allylic oxidation sites excluding steroid dienone is 3. The molecule has 0 radical (unpaired) electrons. The molecule has 518 valence electrons. The number of hydrogen-bond acceptors (Lipinski definition) is 7. The lowest BCUT2D eigenvalue weighted by atomic mass is 9.50. The first kappa shape index (κ1) is 73.5. The molecule has 0 aromatic carbocycles. The lowest BCUT2D eigenvalue weighted by Crippen LogP contribution is -2.48. The third-order valence-corrected chi connectivity index (χ3v) is 31.3. The Morgan fingerprint density at radius 3 is 0.889 bits per heavy atom. The van der Waals surface area contributed by atoms with E-state index in [2.05, 4.69) is 101 Å². The summed E-state index contributed by atoms with van der Waals surface area (Å²) in [6.45, 7) is 28.1. The Labute approximate surface area is 557 Å². The maximum absolute atomic E-state index is 10.9. The van der Waals surface area contributed by atoms with E-state index in [0.717, 1.165) is 203 Å². The minimum absolute atomic E-state index is 0.104. The van der Waals surface area contributed by atoms with Gasteiger partial charge in [0.1, 0.15) is 0 Å². The Hall–Kier alpha value is -0.740. The molecular formula is C82H141FO6S. The lowest BCUT2D eigenvalue weighted by Gasteiger charge is -2.55. The molecule has 0 spiro atoms. The zero-order valence-electron chi connectivity index (χ0n) is 60.3. The summed E-state index contributed by atoms with van der Waals surface area (Å²) in [6, 6.07) is 0. The Morgan fingerprint density at radius 2 is 0.656 bits per heavy atom. The SMILES string of the molecule is CCC(O)CC[C@@H](C)[C@H]1CC[C@H]2[C@@H]3CC=C4C[C@](O)(CC)CC[C@@H]4[C@H]3CC[C@]12C.CC[C@@H](O)CC[C@@H](C)[C@H]1CC[C@H]2[C@@H]3CC=C4C[C@](O)(CC)CC[C@@H]4[C@H]3CC[C@]12C.CC[C@H](O)CC[C@@H](C)[C@H]1CC[C@H]2[C@@H]3CC=C4C[C@](O)(CC)CC[C@@H]4[C@H]3CC[C@]12C.CSF. The molecule has 0 aromatic rings. The number of rotatable bonds is 18. The zero-order chi connectivity index (χ0) is 65.1. The highest BCUT2D eigenvalue weighted by Gasteiger charge is 2.61. The molecule has 0 aliphatic heterocycles. The van der Waals surface area contributed by atoms with Crippen LogP contribution < -0.4 is 0 Å². The molecule has 0 amide bonds. The second-order valence-corrected chi connectivity index (χ2v) is 35.5. The van der Waals surface area contributed by atoms with E-state index in [4.69, 9.17) is 0 Å². The Balaban J connectivity index is 0.000000156. The minimum atomic E-state index is -0.421. The van der Waals surface area contributed by atoms with Crippen LogP contribution in [0.25, 0.3) is 0 Å². The third-order valence-electron chi connectivity index (χ3n) is 31.3. The first-order valence-electron chi connectivity index (χ1n) is 39.3. The molecule has 90 heavy (non-hydrogen) atoms. The van der Waals surface area contributed by atoms with Gasteiger partial charge >= 0.3 is 0 Å². The predicted molar refractivity (Wildman–Crippen MR) is 376 cm³/mol.